The molecule has 1 aromatic carbocycles. The van der Waals surface area contributed by atoms with Gasteiger partial charge >= 0.3 is 0 Å². The van der Waals surface area contributed by atoms with E-state index in [1.807, 2.05) is 16.7 Å². The van der Waals surface area contributed by atoms with Crippen molar-refractivity contribution in [2.24, 2.45) is 0 Å². The van der Waals surface area contributed by atoms with Gasteiger partial charge in [-0.1, -0.05) is 11.6 Å². The van der Waals surface area contributed by atoms with Gasteiger partial charge in [0.25, 0.3) is 0 Å². The third-order valence-electron chi connectivity index (χ3n) is 2.67. The fraction of sp³-hybridized carbons (Fsp3) is 0.273. The van der Waals surface area contributed by atoms with Crippen molar-refractivity contribution in [2.75, 3.05) is 0 Å². The molecule has 18 heavy (non-hydrogen) atoms. The van der Waals surface area contributed by atoms with Gasteiger partial charge < -0.3 is 4.79 Å². The lowest BCUT2D eigenvalue weighted by molar-refractivity contribution is -0.116. The van der Waals surface area contributed by atoms with Crippen LogP contribution in [-0.2, 0) is 11.2 Å². The predicted octanol–water partition coefficient (Wildman–Crippen LogP) is 4.77. The molecular formula is C11H10BrClIN2OP. The van der Waals surface area contributed by atoms with E-state index in [1.165, 1.54) is 0 Å². The summed E-state index contributed by atoms with van der Waals surface area (Å²) in [4.78, 5) is 11.1. The van der Waals surface area contributed by atoms with E-state index in [0.717, 1.165) is 20.9 Å². The molecule has 7 heteroatoms. The second-order valence-electron chi connectivity index (χ2n) is 3.93. The van der Waals surface area contributed by atoms with E-state index in [-0.39, 0.29) is 5.78 Å². The summed E-state index contributed by atoms with van der Waals surface area (Å²) in [7, 11) is 0. The van der Waals surface area contributed by atoms with Crippen molar-refractivity contribution in [3.05, 3.63) is 27.3 Å². The Hall–Kier alpha value is 0.290. The lowest BCUT2D eigenvalue weighted by Gasteiger charge is -2.08. The molecule has 1 unspecified atom stereocenters. The fourth-order valence-electron chi connectivity index (χ4n) is 1.74. The quantitative estimate of drug-likeness (QED) is 0.488. The van der Waals surface area contributed by atoms with Gasteiger partial charge in [0.1, 0.15) is 5.78 Å². The van der Waals surface area contributed by atoms with Crippen molar-refractivity contribution in [3.8, 4) is 0 Å². The molecule has 2 aromatic rings. The SMILES string of the molecule is CC(=O)CCc1c(Cl)cc2c(cnn2PI)c1Br. The van der Waals surface area contributed by atoms with Gasteiger partial charge in [-0.15, -0.1) is 0 Å². The van der Waals surface area contributed by atoms with E-state index in [0.29, 0.717) is 24.2 Å². The van der Waals surface area contributed by atoms with Gasteiger partial charge in [-0.2, -0.15) is 5.10 Å². The molecule has 0 aliphatic carbocycles. The van der Waals surface area contributed by atoms with Crippen LogP contribution in [0.5, 0.6) is 0 Å². The molecule has 0 aliphatic rings. The standard InChI is InChI=1S/C11H10BrClIN2OP/c1-6(17)2-3-7-9(13)4-10-8(11(7)12)5-15-16(10)18-14/h4-5,18H,2-3H2,1H3. The number of nitrogens with zero attached hydrogens (tertiary/aromatic N) is 2. The number of halogens is 3. The van der Waals surface area contributed by atoms with Gasteiger partial charge in [0, 0.05) is 21.3 Å². The Morgan fingerprint density at radius 2 is 2.39 bits per heavy atom. The first kappa shape index (κ1) is 14.7. The normalized spacial score (nSPS) is 11.8. The molecule has 0 saturated carbocycles. The van der Waals surface area contributed by atoms with Crippen LogP contribution >= 0.6 is 55.9 Å². The zero-order valence-electron chi connectivity index (χ0n) is 9.51. The van der Waals surface area contributed by atoms with Crippen molar-refractivity contribution in [1.82, 2.24) is 9.55 Å². The minimum atomic E-state index is 0.169. The molecule has 3 nitrogen and oxygen atoms in total. The molecule has 0 radical (unpaired) electrons. The highest BCUT2D eigenvalue weighted by atomic mass is 127. The summed E-state index contributed by atoms with van der Waals surface area (Å²) < 4.78 is 2.87. The molecule has 2 rings (SSSR count). The molecule has 0 amide bonds. The largest absolute Gasteiger partial charge is 0.300 e. The second kappa shape index (κ2) is 6.16. The number of hydrogen-bond donors (Lipinski definition) is 0. The number of rotatable bonds is 4. The summed E-state index contributed by atoms with van der Waals surface area (Å²) in [6.45, 7) is 1.59. The van der Waals surface area contributed by atoms with Gasteiger partial charge in [0.05, 0.1) is 18.1 Å². The Morgan fingerprint density at radius 1 is 1.67 bits per heavy atom. The molecule has 1 heterocycles. The molecule has 0 aliphatic heterocycles. The average molecular weight is 459 g/mol. The molecule has 0 spiro atoms. The van der Waals surface area contributed by atoms with Crippen LogP contribution in [0, 0.1) is 0 Å². The van der Waals surface area contributed by atoms with Crippen LogP contribution in [0.1, 0.15) is 18.9 Å². The van der Waals surface area contributed by atoms with Gasteiger partial charge in [-0.3, -0.25) is 0 Å². The molecule has 1 atom stereocenters. The first-order valence-corrected chi connectivity index (χ1v) is 10.5. The number of hydrogen-bond acceptors (Lipinski definition) is 2. The zero-order valence-corrected chi connectivity index (χ0v) is 15.0. The average Bonchev–Trinajstić information content (AvgIpc) is 2.71. The summed E-state index contributed by atoms with van der Waals surface area (Å²) in [5.74, 6) is 0.169. The number of fused-ring (bicyclic) bond motifs is 1. The number of Topliss-reactive ketones (excluding diaryl/α,β-unsaturated/α-hetero) is 1. The lowest BCUT2D eigenvalue weighted by atomic mass is 10.1. The minimum absolute atomic E-state index is 0.169. The Kier molecular flexibility index (Phi) is 5.03. The van der Waals surface area contributed by atoms with Crippen LogP contribution in [0.2, 0.25) is 5.02 Å². The summed E-state index contributed by atoms with van der Waals surface area (Å²) in [5, 5.41) is 6.05. The smallest absolute Gasteiger partial charge is 0.130 e. The molecule has 96 valence electrons. The maximum absolute atomic E-state index is 11.1. The zero-order chi connectivity index (χ0) is 13.3. The van der Waals surface area contributed by atoms with E-state index in [2.05, 4.69) is 43.1 Å². The van der Waals surface area contributed by atoms with Crippen molar-refractivity contribution in [3.63, 3.8) is 0 Å². The van der Waals surface area contributed by atoms with E-state index in [4.69, 9.17) is 11.6 Å². The summed E-state index contributed by atoms with van der Waals surface area (Å²) in [6.07, 6.45) is 3.53. The predicted molar refractivity (Wildman–Crippen MR) is 89.2 cm³/mol. The molecule has 0 fully saturated rings. The molecule has 0 bridgehead atoms. The van der Waals surface area contributed by atoms with Crippen LogP contribution in [0.4, 0.5) is 0 Å². The Balaban J connectivity index is 2.52. The van der Waals surface area contributed by atoms with Gasteiger partial charge in [-0.25, -0.2) is 4.45 Å². The molecule has 1 aromatic heterocycles. The second-order valence-corrected chi connectivity index (χ2v) is 7.17. The van der Waals surface area contributed by atoms with Crippen LogP contribution in [0.25, 0.3) is 10.9 Å². The number of carbonyl (C=O) groups is 1. The van der Waals surface area contributed by atoms with Crippen molar-refractivity contribution < 1.29 is 4.79 Å². The molecular weight excluding hydrogens is 449 g/mol. The van der Waals surface area contributed by atoms with E-state index < -0.39 is 0 Å². The third kappa shape index (κ3) is 2.89. The van der Waals surface area contributed by atoms with Crippen molar-refractivity contribution in [1.29, 1.82) is 0 Å². The summed E-state index contributed by atoms with van der Waals surface area (Å²) in [6, 6.07) is 1.93. The maximum atomic E-state index is 11.1. The lowest BCUT2D eigenvalue weighted by Crippen LogP contribution is -1.96. The van der Waals surface area contributed by atoms with E-state index >= 15 is 0 Å². The topological polar surface area (TPSA) is 34.9 Å². The number of aromatic nitrogens is 2. The van der Waals surface area contributed by atoms with Crippen molar-refractivity contribution >= 4 is 72.6 Å². The first-order valence-electron chi connectivity index (χ1n) is 5.25. The van der Waals surface area contributed by atoms with Gasteiger partial charge in [-0.05, 0) is 62.9 Å². The van der Waals surface area contributed by atoms with Crippen molar-refractivity contribution in [2.45, 2.75) is 19.8 Å². The summed E-state index contributed by atoms with van der Waals surface area (Å²) in [5.41, 5.74) is 2.00. The first-order chi connectivity index (χ1) is 8.54. The maximum Gasteiger partial charge on any atom is 0.130 e. The van der Waals surface area contributed by atoms with Crippen LogP contribution in [-0.4, -0.2) is 15.3 Å². The highest BCUT2D eigenvalue weighted by molar-refractivity contribution is 14.2. The van der Waals surface area contributed by atoms with E-state index in [9.17, 15) is 4.79 Å². The van der Waals surface area contributed by atoms with Gasteiger partial charge in [0.15, 0.2) is 0 Å². The molecule has 0 N–H and O–H groups in total. The Bertz CT molecular complexity index is 617. The van der Waals surface area contributed by atoms with Crippen LogP contribution in [0.15, 0.2) is 16.7 Å². The monoisotopic (exact) mass is 458 g/mol. The van der Waals surface area contributed by atoms with Crippen LogP contribution in [0.3, 0.4) is 0 Å². The number of carbonyl (C=O) groups excluding carboxylic acids is 1. The summed E-state index contributed by atoms with van der Waals surface area (Å²) >= 11 is 12.2. The van der Waals surface area contributed by atoms with Crippen LogP contribution < -0.4 is 0 Å². The van der Waals surface area contributed by atoms with E-state index in [1.54, 1.807) is 6.92 Å². The number of benzene rings is 1. The van der Waals surface area contributed by atoms with Gasteiger partial charge in [0.2, 0.25) is 0 Å². The Morgan fingerprint density at radius 3 is 3.00 bits per heavy atom. The fourth-order valence-corrected chi connectivity index (χ4v) is 4.39. The number of ketones is 1. The minimum Gasteiger partial charge on any atom is -0.300 e. The highest BCUT2D eigenvalue weighted by Crippen LogP contribution is 2.37. The third-order valence-corrected chi connectivity index (χ3v) is 5.80. The Labute approximate surface area is 133 Å². The molecule has 0 saturated heterocycles. The highest BCUT2D eigenvalue weighted by Gasteiger charge is 2.14.